The van der Waals surface area contributed by atoms with Crippen LogP contribution in [0, 0.1) is 0 Å². The Morgan fingerprint density at radius 1 is 1.00 bits per heavy atom. The molecule has 0 radical (unpaired) electrons. The number of carbonyl (C=O) groups excluding carboxylic acids is 2. The molecule has 0 saturated carbocycles. The predicted octanol–water partition coefficient (Wildman–Crippen LogP) is 1.18. The number of thiol groups is 2. The van der Waals surface area contributed by atoms with Gasteiger partial charge >= 0.3 is 11.9 Å². The zero-order valence-corrected chi connectivity index (χ0v) is 9.63. The summed E-state index contributed by atoms with van der Waals surface area (Å²) < 4.78 is 9.23. The molecule has 2 atom stereocenters. The van der Waals surface area contributed by atoms with Gasteiger partial charge in [-0.2, -0.15) is 0 Å². The lowest BCUT2D eigenvalue weighted by Gasteiger charge is -2.04. The van der Waals surface area contributed by atoms with Crippen molar-refractivity contribution in [3.63, 3.8) is 0 Å². The molecule has 0 fully saturated rings. The lowest BCUT2D eigenvalue weighted by molar-refractivity contribution is -0.141. The van der Waals surface area contributed by atoms with Gasteiger partial charge in [0, 0.05) is 12.2 Å². The summed E-state index contributed by atoms with van der Waals surface area (Å²) in [5.74, 6) is -1.28. The van der Waals surface area contributed by atoms with Gasteiger partial charge in [0.15, 0.2) is 0 Å². The summed E-state index contributed by atoms with van der Waals surface area (Å²) >= 11 is 7.66. The largest absolute Gasteiger partial charge is 0.449 e. The molecule has 4 nitrogen and oxygen atoms in total. The van der Waals surface area contributed by atoms with E-state index >= 15 is 0 Å². The summed E-state index contributed by atoms with van der Waals surface area (Å²) in [5, 5.41) is 0. The summed E-state index contributed by atoms with van der Waals surface area (Å²) in [7, 11) is 0. The van der Waals surface area contributed by atoms with Crippen molar-refractivity contribution >= 4 is 37.2 Å². The number of esters is 2. The van der Waals surface area contributed by atoms with Gasteiger partial charge in [0.25, 0.3) is 0 Å². The van der Waals surface area contributed by atoms with Gasteiger partial charge in [0.2, 0.25) is 0 Å². The van der Waals surface area contributed by atoms with Gasteiger partial charge in [0.05, 0.1) is 0 Å². The molecular weight excluding hydrogens is 224 g/mol. The molecule has 0 aromatic carbocycles. The Morgan fingerprint density at radius 3 is 1.50 bits per heavy atom. The van der Waals surface area contributed by atoms with Gasteiger partial charge in [-0.05, 0) is 13.8 Å². The molecule has 0 saturated heterocycles. The van der Waals surface area contributed by atoms with E-state index in [1.165, 1.54) is 0 Å². The van der Waals surface area contributed by atoms with Crippen LogP contribution in [-0.4, -0.2) is 22.8 Å². The third kappa shape index (κ3) is 8.00. The van der Waals surface area contributed by atoms with E-state index in [0.717, 1.165) is 12.2 Å². The molecule has 0 aromatic rings. The topological polar surface area (TPSA) is 52.6 Å². The highest BCUT2D eigenvalue weighted by molar-refractivity contribution is 7.80. The fourth-order valence-electron chi connectivity index (χ4n) is 0.551. The molecule has 0 spiro atoms. The van der Waals surface area contributed by atoms with E-state index in [1.807, 2.05) is 0 Å². The van der Waals surface area contributed by atoms with Crippen LogP contribution < -0.4 is 0 Å². The van der Waals surface area contributed by atoms with Gasteiger partial charge in [-0.15, -0.1) is 25.3 Å². The predicted molar refractivity (Wildman–Crippen MR) is 58.2 cm³/mol. The smallest absolute Gasteiger partial charge is 0.332 e. The first-order valence-electron chi connectivity index (χ1n) is 3.87. The Morgan fingerprint density at radius 2 is 1.29 bits per heavy atom. The fraction of sp³-hybridized carbons (Fsp3) is 0.500. The molecule has 0 aliphatic carbocycles. The van der Waals surface area contributed by atoms with Crippen molar-refractivity contribution in [2.75, 3.05) is 0 Å². The maximum atomic E-state index is 10.9. The Balaban J connectivity index is 3.92. The van der Waals surface area contributed by atoms with Crippen LogP contribution in [0.2, 0.25) is 0 Å². The molecule has 0 N–H and O–H groups in total. The number of carbonyl (C=O) groups is 2. The second-order valence-electron chi connectivity index (χ2n) is 2.41. The Labute approximate surface area is 93.5 Å². The van der Waals surface area contributed by atoms with Crippen LogP contribution in [0.3, 0.4) is 0 Å². The minimum absolute atomic E-state index is 0.507. The second-order valence-corrected chi connectivity index (χ2v) is 3.86. The van der Waals surface area contributed by atoms with Crippen LogP contribution in [0.15, 0.2) is 12.2 Å². The van der Waals surface area contributed by atoms with Crippen LogP contribution in [0.4, 0.5) is 0 Å². The summed E-state index contributed by atoms with van der Waals surface area (Å²) in [6, 6.07) is 0. The van der Waals surface area contributed by atoms with Crippen molar-refractivity contribution in [3.05, 3.63) is 12.2 Å². The number of ether oxygens (including phenoxy) is 2. The molecule has 0 bridgehead atoms. The van der Waals surface area contributed by atoms with E-state index in [0.29, 0.717) is 0 Å². The van der Waals surface area contributed by atoms with Crippen molar-refractivity contribution in [3.8, 4) is 0 Å². The summed E-state index contributed by atoms with van der Waals surface area (Å²) in [5.41, 5.74) is -1.01. The normalized spacial score (nSPS) is 14.9. The molecule has 0 rings (SSSR count). The summed E-state index contributed by atoms with van der Waals surface area (Å²) in [4.78, 5) is 21.7. The molecular formula is C8H12O4S2. The SMILES string of the molecule is CC(S)OC(=O)/C=C\C(=O)OC(C)S. The summed E-state index contributed by atoms with van der Waals surface area (Å²) in [6.07, 6.45) is 1.95. The van der Waals surface area contributed by atoms with Crippen LogP contribution in [0.25, 0.3) is 0 Å². The zero-order chi connectivity index (χ0) is 11.1. The van der Waals surface area contributed by atoms with Crippen molar-refractivity contribution in [2.24, 2.45) is 0 Å². The Kier molecular flexibility index (Phi) is 6.48. The molecule has 0 amide bonds. The highest BCUT2D eigenvalue weighted by Gasteiger charge is 2.04. The first kappa shape index (κ1) is 13.4. The van der Waals surface area contributed by atoms with Crippen LogP contribution in [-0.2, 0) is 19.1 Å². The van der Waals surface area contributed by atoms with Crippen LogP contribution in [0.5, 0.6) is 0 Å². The van der Waals surface area contributed by atoms with Crippen LogP contribution in [0.1, 0.15) is 13.8 Å². The number of rotatable bonds is 4. The van der Waals surface area contributed by atoms with Crippen molar-refractivity contribution < 1.29 is 19.1 Å². The van der Waals surface area contributed by atoms with Crippen molar-refractivity contribution in [1.29, 1.82) is 0 Å². The maximum absolute atomic E-state index is 10.9. The number of hydrogen-bond donors (Lipinski definition) is 2. The quantitative estimate of drug-likeness (QED) is 0.333. The lowest BCUT2D eigenvalue weighted by atomic mass is 10.5. The zero-order valence-electron chi connectivity index (χ0n) is 7.84. The monoisotopic (exact) mass is 236 g/mol. The van der Waals surface area contributed by atoms with E-state index in [2.05, 4.69) is 34.7 Å². The van der Waals surface area contributed by atoms with E-state index in [4.69, 9.17) is 0 Å². The second kappa shape index (κ2) is 6.78. The molecule has 0 heterocycles. The molecule has 0 aliphatic rings. The van der Waals surface area contributed by atoms with Crippen molar-refractivity contribution in [2.45, 2.75) is 24.7 Å². The van der Waals surface area contributed by atoms with Gasteiger partial charge in [-0.3, -0.25) is 0 Å². The third-order valence-corrected chi connectivity index (χ3v) is 1.14. The highest BCUT2D eigenvalue weighted by atomic mass is 32.1. The maximum Gasteiger partial charge on any atom is 0.332 e. The highest BCUT2D eigenvalue weighted by Crippen LogP contribution is 1.98. The van der Waals surface area contributed by atoms with E-state index in [9.17, 15) is 9.59 Å². The first-order valence-corrected chi connectivity index (χ1v) is 4.90. The van der Waals surface area contributed by atoms with Gasteiger partial charge in [-0.1, -0.05) is 0 Å². The molecule has 6 heteroatoms. The van der Waals surface area contributed by atoms with Gasteiger partial charge in [0.1, 0.15) is 10.9 Å². The number of hydrogen-bond acceptors (Lipinski definition) is 6. The van der Waals surface area contributed by atoms with Crippen LogP contribution >= 0.6 is 25.3 Å². The van der Waals surface area contributed by atoms with Crippen molar-refractivity contribution in [1.82, 2.24) is 0 Å². The van der Waals surface area contributed by atoms with Gasteiger partial charge in [-0.25, -0.2) is 9.59 Å². The molecule has 2 unspecified atom stereocenters. The van der Waals surface area contributed by atoms with E-state index in [1.54, 1.807) is 13.8 Å². The lowest BCUT2D eigenvalue weighted by Crippen LogP contribution is -2.09. The molecule has 80 valence electrons. The Bertz CT molecular complexity index is 211. The average Bonchev–Trinajstić information content (AvgIpc) is 1.98. The Hall–Kier alpha value is -0.620. The fourth-order valence-corrected chi connectivity index (χ4v) is 0.759. The summed E-state index contributed by atoms with van der Waals surface area (Å²) in [6.45, 7) is 3.17. The molecule has 0 aromatic heterocycles. The standard InChI is InChI=1S/C8H12O4S2/c1-5(13)11-7(9)3-4-8(10)12-6(2)14/h3-6,13-14H,1-2H3/b4-3-. The molecule has 14 heavy (non-hydrogen) atoms. The minimum Gasteiger partial charge on any atom is -0.449 e. The van der Waals surface area contributed by atoms with E-state index < -0.39 is 22.8 Å². The first-order chi connectivity index (χ1) is 6.41. The third-order valence-electron chi connectivity index (χ3n) is 0.929. The average molecular weight is 236 g/mol. The minimum atomic E-state index is -0.642. The van der Waals surface area contributed by atoms with E-state index in [-0.39, 0.29) is 0 Å². The van der Waals surface area contributed by atoms with Gasteiger partial charge < -0.3 is 9.47 Å². The molecule has 0 aliphatic heterocycles.